The van der Waals surface area contributed by atoms with Gasteiger partial charge in [0.15, 0.2) is 9.84 Å². The molecule has 6 heteroatoms. The van der Waals surface area contributed by atoms with E-state index in [0.717, 1.165) is 44.2 Å². The van der Waals surface area contributed by atoms with Gasteiger partial charge in [-0.15, -0.1) is 0 Å². The lowest BCUT2D eigenvalue weighted by Gasteiger charge is -2.16. The summed E-state index contributed by atoms with van der Waals surface area (Å²) in [5.41, 5.74) is 5.89. The highest BCUT2D eigenvalue weighted by Gasteiger charge is 2.26. The third-order valence-electron chi connectivity index (χ3n) is 5.46. The van der Waals surface area contributed by atoms with Crippen molar-refractivity contribution in [1.82, 2.24) is 0 Å². The van der Waals surface area contributed by atoms with Crippen molar-refractivity contribution in [3.05, 3.63) is 52.6 Å². The molecular formula is C21H23NO4S. The quantitative estimate of drug-likeness (QED) is 0.858. The molecule has 0 fully saturated rings. The van der Waals surface area contributed by atoms with E-state index in [1.807, 2.05) is 0 Å². The second-order valence-electron chi connectivity index (χ2n) is 7.22. The topological polar surface area (TPSA) is 72.5 Å². The number of aryl methyl sites for hydroxylation is 2. The Morgan fingerprint density at radius 3 is 2.33 bits per heavy atom. The molecule has 2 aliphatic rings. The summed E-state index contributed by atoms with van der Waals surface area (Å²) in [6, 6.07) is 8.51. The number of hydrogen-bond donors (Lipinski definition) is 1. The van der Waals surface area contributed by atoms with E-state index in [4.69, 9.17) is 4.74 Å². The van der Waals surface area contributed by atoms with E-state index in [0.29, 0.717) is 5.75 Å². The molecule has 0 unspecified atom stereocenters. The normalized spacial score (nSPS) is 15.3. The minimum Gasteiger partial charge on any atom is -0.497 e. The van der Waals surface area contributed by atoms with Gasteiger partial charge in [-0.05, 0) is 79.0 Å². The van der Waals surface area contributed by atoms with Gasteiger partial charge in [-0.3, -0.25) is 4.79 Å². The van der Waals surface area contributed by atoms with Gasteiger partial charge in [0.25, 0.3) is 0 Å². The predicted octanol–water partition coefficient (Wildman–Crippen LogP) is 3.09. The summed E-state index contributed by atoms with van der Waals surface area (Å²) in [7, 11) is -2.25. The van der Waals surface area contributed by atoms with Gasteiger partial charge < -0.3 is 10.1 Å². The average Bonchev–Trinajstić information content (AvgIpc) is 3.30. The lowest BCUT2D eigenvalue weighted by Crippen LogP contribution is -2.24. The summed E-state index contributed by atoms with van der Waals surface area (Å²) in [6.45, 7) is 0. The summed E-state index contributed by atoms with van der Waals surface area (Å²) in [5.74, 6) is -0.596. The number of nitrogens with one attached hydrogen (secondary N) is 1. The standard InChI is InChI=1S/C21H23NO4S/c1-26-16-7-4-8-17(12-16)27(24,25)13-20(23)22-21-18-9-2-5-14(18)11-15-6-3-10-19(15)21/h4,7-8,11-12H,2-3,5-6,9-10,13H2,1H3,(H,22,23). The second kappa shape index (κ2) is 7.00. The molecule has 0 bridgehead atoms. The zero-order valence-electron chi connectivity index (χ0n) is 15.4. The van der Waals surface area contributed by atoms with Gasteiger partial charge in [0.1, 0.15) is 11.5 Å². The van der Waals surface area contributed by atoms with Crippen LogP contribution in [0.2, 0.25) is 0 Å². The average molecular weight is 385 g/mol. The van der Waals surface area contributed by atoms with Gasteiger partial charge in [0.05, 0.1) is 12.0 Å². The Bertz CT molecular complexity index is 979. The Balaban J connectivity index is 1.59. The van der Waals surface area contributed by atoms with E-state index >= 15 is 0 Å². The highest BCUT2D eigenvalue weighted by Crippen LogP contribution is 2.38. The van der Waals surface area contributed by atoms with Crippen LogP contribution in [0.15, 0.2) is 35.2 Å². The van der Waals surface area contributed by atoms with Gasteiger partial charge in [0.2, 0.25) is 5.91 Å². The lowest BCUT2D eigenvalue weighted by atomic mass is 9.98. The third-order valence-corrected chi connectivity index (χ3v) is 7.07. The summed E-state index contributed by atoms with van der Waals surface area (Å²) in [6.07, 6.45) is 6.13. The van der Waals surface area contributed by atoms with Crippen molar-refractivity contribution < 1.29 is 17.9 Å². The molecule has 0 aromatic heterocycles. The van der Waals surface area contributed by atoms with Crippen molar-refractivity contribution in [3.63, 3.8) is 0 Å². The van der Waals surface area contributed by atoms with Crippen LogP contribution in [0.4, 0.5) is 5.69 Å². The Hall–Kier alpha value is -2.34. The predicted molar refractivity (Wildman–Crippen MR) is 104 cm³/mol. The zero-order chi connectivity index (χ0) is 19.0. The summed E-state index contributed by atoms with van der Waals surface area (Å²) < 4.78 is 30.4. The first-order chi connectivity index (χ1) is 13.0. The highest BCUT2D eigenvalue weighted by molar-refractivity contribution is 7.92. The SMILES string of the molecule is COc1cccc(S(=O)(=O)CC(=O)Nc2c3c(cc4c2CCC4)CCC3)c1. The molecule has 27 heavy (non-hydrogen) atoms. The van der Waals surface area contributed by atoms with Crippen molar-refractivity contribution >= 4 is 21.4 Å². The third kappa shape index (κ3) is 3.46. The van der Waals surface area contributed by atoms with E-state index in [1.165, 1.54) is 41.5 Å². The number of fused-ring (bicyclic) bond motifs is 2. The Morgan fingerprint density at radius 2 is 1.70 bits per heavy atom. The maximum absolute atomic E-state index is 12.7. The first-order valence-electron chi connectivity index (χ1n) is 9.31. The number of amides is 1. The maximum atomic E-state index is 12.7. The largest absolute Gasteiger partial charge is 0.497 e. The molecule has 5 nitrogen and oxygen atoms in total. The highest BCUT2D eigenvalue weighted by atomic mass is 32.2. The van der Waals surface area contributed by atoms with E-state index in [2.05, 4.69) is 11.4 Å². The second-order valence-corrected chi connectivity index (χ2v) is 9.21. The molecule has 2 aromatic rings. The van der Waals surface area contributed by atoms with Crippen LogP contribution < -0.4 is 10.1 Å². The Kier molecular flexibility index (Phi) is 4.68. The minimum atomic E-state index is -3.73. The number of sulfone groups is 1. The van der Waals surface area contributed by atoms with Crippen LogP contribution in [0.5, 0.6) is 5.75 Å². The molecule has 0 saturated carbocycles. The number of ether oxygens (including phenoxy) is 1. The monoisotopic (exact) mass is 385 g/mol. The zero-order valence-corrected chi connectivity index (χ0v) is 16.2. The molecule has 1 amide bonds. The smallest absolute Gasteiger partial charge is 0.239 e. The Morgan fingerprint density at radius 1 is 1.04 bits per heavy atom. The summed E-state index contributed by atoms with van der Waals surface area (Å²) in [4.78, 5) is 12.7. The van der Waals surface area contributed by atoms with Crippen LogP contribution in [0.1, 0.15) is 35.1 Å². The van der Waals surface area contributed by atoms with Gasteiger partial charge >= 0.3 is 0 Å². The van der Waals surface area contributed by atoms with Gasteiger partial charge in [-0.1, -0.05) is 12.1 Å². The fraction of sp³-hybridized carbons (Fsp3) is 0.381. The van der Waals surface area contributed by atoms with E-state index < -0.39 is 21.5 Å². The number of rotatable bonds is 5. The van der Waals surface area contributed by atoms with Gasteiger partial charge in [0, 0.05) is 5.69 Å². The molecule has 4 rings (SSSR count). The van der Waals surface area contributed by atoms with Crippen LogP contribution in [-0.2, 0) is 40.3 Å². The first-order valence-corrected chi connectivity index (χ1v) is 11.0. The van der Waals surface area contributed by atoms with Crippen LogP contribution in [0, 0.1) is 0 Å². The van der Waals surface area contributed by atoms with Gasteiger partial charge in [-0.25, -0.2) is 8.42 Å². The van der Waals surface area contributed by atoms with Gasteiger partial charge in [-0.2, -0.15) is 0 Å². The van der Waals surface area contributed by atoms with Crippen LogP contribution >= 0.6 is 0 Å². The first kappa shape index (κ1) is 18.0. The number of hydrogen-bond acceptors (Lipinski definition) is 4. The molecule has 0 heterocycles. The number of anilines is 1. The molecule has 0 atom stereocenters. The van der Waals surface area contributed by atoms with E-state index in [1.54, 1.807) is 12.1 Å². The molecular weight excluding hydrogens is 362 g/mol. The molecule has 0 aliphatic heterocycles. The van der Waals surface area contributed by atoms with E-state index in [-0.39, 0.29) is 4.90 Å². The van der Waals surface area contributed by atoms with Crippen molar-refractivity contribution in [1.29, 1.82) is 0 Å². The summed E-state index contributed by atoms with van der Waals surface area (Å²) >= 11 is 0. The lowest BCUT2D eigenvalue weighted by molar-refractivity contribution is -0.113. The molecule has 1 N–H and O–H groups in total. The van der Waals surface area contributed by atoms with Crippen molar-refractivity contribution in [2.75, 3.05) is 18.2 Å². The molecule has 0 saturated heterocycles. The van der Waals surface area contributed by atoms with Crippen LogP contribution in [0.25, 0.3) is 0 Å². The number of carbonyl (C=O) groups excluding carboxylic acids is 1. The van der Waals surface area contributed by atoms with E-state index in [9.17, 15) is 13.2 Å². The molecule has 2 aliphatic carbocycles. The number of methoxy groups -OCH3 is 1. The minimum absolute atomic E-state index is 0.0977. The summed E-state index contributed by atoms with van der Waals surface area (Å²) in [5, 5.41) is 2.95. The van der Waals surface area contributed by atoms with Crippen molar-refractivity contribution in [3.8, 4) is 5.75 Å². The molecule has 0 spiro atoms. The molecule has 2 aromatic carbocycles. The maximum Gasteiger partial charge on any atom is 0.239 e. The number of carbonyl (C=O) groups is 1. The Labute approximate surface area is 159 Å². The van der Waals surface area contributed by atoms with Crippen LogP contribution in [-0.4, -0.2) is 27.2 Å². The van der Waals surface area contributed by atoms with Crippen molar-refractivity contribution in [2.24, 2.45) is 0 Å². The number of benzene rings is 2. The molecule has 142 valence electrons. The molecule has 0 radical (unpaired) electrons. The van der Waals surface area contributed by atoms with Crippen molar-refractivity contribution in [2.45, 2.75) is 43.4 Å². The fourth-order valence-corrected chi connectivity index (χ4v) is 5.36. The van der Waals surface area contributed by atoms with Crippen LogP contribution in [0.3, 0.4) is 0 Å². The fourth-order valence-electron chi connectivity index (χ4n) is 4.19.